The van der Waals surface area contributed by atoms with E-state index in [0.717, 1.165) is 5.56 Å². The molecule has 1 aliphatic rings. The average Bonchev–Trinajstić information content (AvgIpc) is 2.40. The number of pyridine rings is 1. The van der Waals surface area contributed by atoms with Gasteiger partial charge in [-0.2, -0.15) is 0 Å². The number of hydrogen-bond acceptors (Lipinski definition) is 3. The lowest BCUT2D eigenvalue weighted by Gasteiger charge is -2.37. The summed E-state index contributed by atoms with van der Waals surface area (Å²) in [7, 11) is 0. The van der Waals surface area contributed by atoms with Crippen LogP contribution in [0.2, 0.25) is 5.15 Å². The molecule has 2 amide bonds. The standard InChI is InChI=1S/C14H18ClN3O2/c1-9(2)13-14(20)16-5-6-18(13)12(19)7-10-3-4-11(15)17-8-10/h3-4,8-9,13H,5-7H2,1-2H3,(H,16,20). The van der Waals surface area contributed by atoms with Crippen LogP contribution in [0.5, 0.6) is 0 Å². The molecular formula is C14H18ClN3O2. The van der Waals surface area contributed by atoms with Crippen molar-refractivity contribution in [3.63, 3.8) is 0 Å². The molecule has 0 aromatic carbocycles. The Morgan fingerprint density at radius 3 is 2.90 bits per heavy atom. The van der Waals surface area contributed by atoms with Crippen molar-refractivity contribution >= 4 is 23.4 Å². The van der Waals surface area contributed by atoms with E-state index in [1.807, 2.05) is 13.8 Å². The Bertz CT molecular complexity index is 502. The molecule has 0 aliphatic carbocycles. The minimum absolute atomic E-state index is 0.0531. The summed E-state index contributed by atoms with van der Waals surface area (Å²) in [5.74, 6) is -0.0425. The van der Waals surface area contributed by atoms with Gasteiger partial charge in [0, 0.05) is 19.3 Å². The maximum Gasteiger partial charge on any atom is 0.243 e. The Labute approximate surface area is 123 Å². The highest BCUT2D eigenvalue weighted by Crippen LogP contribution is 2.16. The molecule has 1 aromatic heterocycles. The molecule has 2 heterocycles. The number of halogens is 1. The fourth-order valence-corrected chi connectivity index (χ4v) is 2.53. The number of hydrogen-bond donors (Lipinski definition) is 1. The second kappa shape index (κ2) is 6.22. The summed E-state index contributed by atoms with van der Waals surface area (Å²) in [6.07, 6.45) is 1.83. The molecule has 0 saturated carbocycles. The van der Waals surface area contributed by atoms with Gasteiger partial charge in [-0.3, -0.25) is 9.59 Å². The van der Waals surface area contributed by atoms with E-state index in [4.69, 9.17) is 11.6 Å². The van der Waals surface area contributed by atoms with Crippen LogP contribution in [-0.2, 0) is 16.0 Å². The predicted molar refractivity (Wildman–Crippen MR) is 76.3 cm³/mol. The zero-order valence-electron chi connectivity index (χ0n) is 11.6. The fourth-order valence-electron chi connectivity index (χ4n) is 2.41. The number of carbonyl (C=O) groups excluding carboxylic acids is 2. The largest absolute Gasteiger partial charge is 0.353 e. The average molecular weight is 296 g/mol. The van der Waals surface area contributed by atoms with Gasteiger partial charge < -0.3 is 10.2 Å². The lowest BCUT2D eigenvalue weighted by Crippen LogP contribution is -2.59. The van der Waals surface area contributed by atoms with Gasteiger partial charge in [0.25, 0.3) is 0 Å². The molecule has 108 valence electrons. The van der Waals surface area contributed by atoms with Crippen molar-refractivity contribution in [3.8, 4) is 0 Å². The van der Waals surface area contributed by atoms with Crippen LogP contribution >= 0.6 is 11.6 Å². The summed E-state index contributed by atoms with van der Waals surface area (Å²) in [5.41, 5.74) is 0.799. The molecule has 1 unspecified atom stereocenters. The molecule has 6 heteroatoms. The van der Waals surface area contributed by atoms with Crippen LogP contribution in [0.4, 0.5) is 0 Å². The van der Waals surface area contributed by atoms with Gasteiger partial charge in [-0.15, -0.1) is 0 Å². The van der Waals surface area contributed by atoms with Crippen molar-refractivity contribution in [2.45, 2.75) is 26.3 Å². The Balaban J connectivity index is 2.10. The fraction of sp³-hybridized carbons (Fsp3) is 0.500. The van der Waals surface area contributed by atoms with Crippen molar-refractivity contribution in [1.29, 1.82) is 0 Å². The number of nitrogens with zero attached hydrogens (tertiary/aromatic N) is 2. The van der Waals surface area contributed by atoms with E-state index in [9.17, 15) is 9.59 Å². The number of carbonyl (C=O) groups is 2. The number of piperazine rings is 1. The summed E-state index contributed by atoms with van der Waals surface area (Å²) < 4.78 is 0. The molecule has 1 aromatic rings. The molecule has 0 radical (unpaired) electrons. The summed E-state index contributed by atoms with van der Waals surface area (Å²) in [6, 6.07) is 3.05. The first-order chi connectivity index (χ1) is 9.49. The van der Waals surface area contributed by atoms with Crippen LogP contribution < -0.4 is 5.32 Å². The van der Waals surface area contributed by atoms with Gasteiger partial charge in [0.05, 0.1) is 6.42 Å². The van der Waals surface area contributed by atoms with Crippen LogP contribution in [0.1, 0.15) is 19.4 Å². The van der Waals surface area contributed by atoms with E-state index >= 15 is 0 Å². The molecule has 5 nitrogen and oxygen atoms in total. The normalized spacial score (nSPS) is 19.1. The second-order valence-electron chi connectivity index (χ2n) is 5.23. The van der Waals surface area contributed by atoms with Crippen molar-refractivity contribution in [2.75, 3.05) is 13.1 Å². The summed E-state index contributed by atoms with van der Waals surface area (Å²) in [4.78, 5) is 29.9. The summed E-state index contributed by atoms with van der Waals surface area (Å²) in [5, 5.41) is 3.21. The molecule has 2 rings (SSSR count). The zero-order chi connectivity index (χ0) is 14.7. The Morgan fingerprint density at radius 1 is 1.55 bits per heavy atom. The molecule has 1 saturated heterocycles. The molecule has 0 spiro atoms. The monoisotopic (exact) mass is 295 g/mol. The predicted octanol–water partition coefficient (Wildman–Crippen LogP) is 1.26. The molecule has 1 aliphatic heterocycles. The topological polar surface area (TPSA) is 62.3 Å². The Hall–Kier alpha value is -1.62. The summed E-state index contributed by atoms with van der Waals surface area (Å²) in [6.45, 7) is 4.94. The van der Waals surface area contributed by atoms with Crippen LogP contribution in [0.3, 0.4) is 0 Å². The van der Waals surface area contributed by atoms with Crippen LogP contribution in [0.25, 0.3) is 0 Å². The highest BCUT2D eigenvalue weighted by molar-refractivity contribution is 6.29. The van der Waals surface area contributed by atoms with Crippen LogP contribution in [0.15, 0.2) is 18.3 Å². The maximum absolute atomic E-state index is 12.4. The summed E-state index contributed by atoms with van der Waals surface area (Å²) >= 11 is 5.72. The van der Waals surface area contributed by atoms with Crippen molar-refractivity contribution in [3.05, 3.63) is 29.0 Å². The maximum atomic E-state index is 12.4. The highest BCUT2D eigenvalue weighted by atomic mass is 35.5. The van der Waals surface area contributed by atoms with E-state index in [1.165, 1.54) is 0 Å². The second-order valence-corrected chi connectivity index (χ2v) is 5.62. The lowest BCUT2D eigenvalue weighted by atomic mass is 9.99. The van der Waals surface area contributed by atoms with Crippen molar-refractivity contribution in [1.82, 2.24) is 15.2 Å². The molecule has 0 bridgehead atoms. The molecular weight excluding hydrogens is 278 g/mol. The third-order valence-corrected chi connectivity index (χ3v) is 3.58. The first kappa shape index (κ1) is 14.8. The van der Waals surface area contributed by atoms with Crippen molar-refractivity contribution in [2.24, 2.45) is 5.92 Å². The highest BCUT2D eigenvalue weighted by Gasteiger charge is 2.34. The van der Waals surface area contributed by atoms with Gasteiger partial charge in [-0.25, -0.2) is 4.98 Å². The van der Waals surface area contributed by atoms with Gasteiger partial charge >= 0.3 is 0 Å². The Morgan fingerprint density at radius 2 is 2.30 bits per heavy atom. The molecule has 1 atom stereocenters. The Kier molecular flexibility index (Phi) is 4.60. The lowest BCUT2D eigenvalue weighted by molar-refractivity contribution is -0.144. The quantitative estimate of drug-likeness (QED) is 0.854. The van der Waals surface area contributed by atoms with Gasteiger partial charge in [-0.1, -0.05) is 31.5 Å². The third-order valence-electron chi connectivity index (χ3n) is 3.35. The minimum Gasteiger partial charge on any atom is -0.353 e. The van der Waals surface area contributed by atoms with E-state index in [-0.39, 0.29) is 24.2 Å². The first-order valence-corrected chi connectivity index (χ1v) is 7.04. The molecule has 20 heavy (non-hydrogen) atoms. The molecule has 1 N–H and O–H groups in total. The molecule has 1 fully saturated rings. The van der Waals surface area contributed by atoms with Gasteiger partial charge in [-0.05, 0) is 17.5 Å². The van der Waals surface area contributed by atoms with E-state index in [1.54, 1.807) is 23.2 Å². The number of aromatic nitrogens is 1. The van der Waals surface area contributed by atoms with Crippen LogP contribution in [0, 0.1) is 5.92 Å². The SMILES string of the molecule is CC(C)C1C(=O)NCCN1C(=O)Cc1ccc(Cl)nc1. The van der Waals surface area contributed by atoms with E-state index in [2.05, 4.69) is 10.3 Å². The van der Waals surface area contributed by atoms with Crippen molar-refractivity contribution < 1.29 is 9.59 Å². The third kappa shape index (κ3) is 3.28. The van der Waals surface area contributed by atoms with E-state index < -0.39 is 6.04 Å². The van der Waals surface area contributed by atoms with Gasteiger partial charge in [0.1, 0.15) is 11.2 Å². The first-order valence-electron chi connectivity index (χ1n) is 6.66. The minimum atomic E-state index is -0.392. The van der Waals surface area contributed by atoms with Gasteiger partial charge in [0.2, 0.25) is 11.8 Å². The number of nitrogens with one attached hydrogen (secondary N) is 1. The van der Waals surface area contributed by atoms with Gasteiger partial charge in [0.15, 0.2) is 0 Å². The zero-order valence-corrected chi connectivity index (χ0v) is 12.4. The number of rotatable bonds is 3. The van der Waals surface area contributed by atoms with Crippen LogP contribution in [-0.4, -0.2) is 40.8 Å². The van der Waals surface area contributed by atoms with E-state index in [0.29, 0.717) is 18.2 Å². The number of amides is 2. The smallest absolute Gasteiger partial charge is 0.243 e.